The molecule has 2 heterocycles. The first-order chi connectivity index (χ1) is 10.3. The normalized spacial score (nSPS) is 12.5. The Labute approximate surface area is 122 Å². The Morgan fingerprint density at radius 2 is 2.10 bits per heavy atom. The minimum atomic E-state index is -0.151. The Kier molecular flexibility index (Phi) is 3.81. The van der Waals surface area contributed by atoms with E-state index < -0.39 is 0 Å². The van der Waals surface area contributed by atoms with Crippen LogP contribution in [0.1, 0.15) is 24.1 Å². The zero-order valence-electron chi connectivity index (χ0n) is 11.7. The number of rotatable bonds is 5. The minimum Gasteiger partial charge on any atom is -0.494 e. The van der Waals surface area contributed by atoms with Crippen molar-refractivity contribution in [2.24, 2.45) is 5.84 Å². The summed E-state index contributed by atoms with van der Waals surface area (Å²) >= 11 is 0. The number of fused-ring (bicyclic) bond motifs is 1. The van der Waals surface area contributed by atoms with Crippen LogP contribution in [-0.2, 0) is 0 Å². The molecule has 0 aliphatic carbocycles. The number of hydrogen-bond acceptors (Lipinski definition) is 5. The summed E-state index contributed by atoms with van der Waals surface area (Å²) < 4.78 is 7.24. The van der Waals surface area contributed by atoms with Gasteiger partial charge in [-0.15, -0.1) is 0 Å². The highest BCUT2D eigenvalue weighted by atomic mass is 16.5. The maximum atomic E-state index is 5.75. The molecule has 6 nitrogen and oxygen atoms in total. The van der Waals surface area contributed by atoms with Gasteiger partial charge in [0.2, 0.25) is 0 Å². The molecule has 3 aromatic rings. The number of hydrazine groups is 1. The molecule has 21 heavy (non-hydrogen) atoms. The molecular weight excluding hydrogens is 266 g/mol. The molecule has 1 aromatic carbocycles. The van der Waals surface area contributed by atoms with Gasteiger partial charge in [0.15, 0.2) is 0 Å². The summed E-state index contributed by atoms with van der Waals surface area (Å²) in [6.45, 7) is 2.61. The van der Waals surface area contributed by atoms with Gasteiger partial charge >= 0.3 is 0 Å². The van der Waals surface area contributed by atoms with Crippen LogP contribution in [0.4, 0.5) is 0 Å². The monoisotopic (exact) mass is 283 g/mol. The molecule has 0 saturated carbocycles. The van der Waals surface area contributed by atoms with Crippen LogP contribution in [0.2, 0.25) is 0 Å². The number of nitrogens with two attached hydrogens (primary N) is 1. The largest absolute Gasteiger partial charge is 0.494 e. The van der Waals surface area contributed by atoms with Crippen LogP contribution < -0.4 is 16.0 Å². The summed E-state index contributed by atoms with van der Waals surface area (Å²) in [7, 11) is 0. The number of nitrogens with zero attached hydrogens (tertiary/aromatic N) is 3. The van der Waals surface area contributed by atoms with Gasteiger partial charge in [0.05, 0.1) is 30.6 Å². The number of aromatic nitrogens is 3. The molecule has 1 unspecified atom stereocenters. The molecule has 3 rings (SSSR count). The highest BCUT2D eigenvalue weighted by Crippen LogP contribution is 2.26. The first kappa shape index (κ1) is 13.5. The van der Waals surface area contributed by atoms with E-state index in [-0.39, 0.29) is 6.04 Å². The van der Waals surface area contributed by atoms with Gasteiger partial charge < -0.3 is 4.74 Å². The molecule has 108 valence electrons. The van der Waals surface area contributed by atoms with Crippen molar-refractivity contribution in [3.63, 3.8) is 0 Å². The Morgan fingerprint density at radius 3 is 2.81 bits per heavy atom. The fourth-order valence-corrected chi connectivity index (χ4v) is 2.36. The minimum absolute atomic E-state index is 0.151. The quantitative estimate of drug-likeness (QED) is 0.550. The second-order valence-electron chi connectivity index (χ2n) is 4.61. The Bertz CT molecular complexity index is 722. The molecule has 0 radical (unpaired) electrons. The number of nitrogens with one attached hydrogen (secondary N) is 1. The van der Waals surface area contributed by atoms with Crippen molar-refractivity contribution in [3.05, 3.63) is 60.2 Å². The van der Waals surface area contributed by atoms with E-state index >= 15 is 0 Å². The third-order valence-corrected chi connectivity index (χ3v) is 3.36. The van der Waals surface area contributed by atoms with Crippen LogP contribution in [0, 0.1) is 0 Å². The molecule has 0 aliphatic rings. The molecule has 0 aliphatic heterocycles. The van der Waals surface area contributed by atoms with Crippen LogP contribution >= 0.6 is 0 Å². The second-order valence-corrected chi connectivity index (χ2v) is 4.61. The lowest BCUT2D eigenvalue weighted by Crippen LogP contribution is -2.28. The van der Waals surface area contributed by atoms with E-state index in [2.05, 4.69) is 15.5 Å². The Morgan fingerprint density at radius 1 is 1.29 bits per heavy atom. The fourth-order valence-electron chi connectivity index (χ4n) is 2.36. The number of benzene rings is 1. The topological polar surface area (TPSA) is 77.5 Å². The van der Waals surface area contributed by atoms with Gasteiger partial charge in [-0.3, -0.25) is 10.8 Å². The first-order valence-corrected chi connectivity index (χ1v) is 6.79. The molecule has 6 heteroatoms. The Balaban J connectivity index is 1.97. The standard InChI is InChI=1S/C15H17N5O/c1-2-21-12-5-3-11(4-6-12)15(19-16)13-9-18-20-8-7-17-10-14(13)20/h3-10,15,19H,2,16H2,1H3. The van der Waals surface area contributed by atoms with E-state index in [4.69, 9.17) is 10.6 Å². The van der Waals surface area contributed by atoms with E-state index in [0.29, 0.717) is 6.61 Å². The lowest BCUT2D eigenvalue weighted by atomic mass is 10.0. The molecular formula is C15H17N5O. The van der Waals surface area contributed by atoms with Gasteiger partial charge in [-0.25, -0.2) is 9.94 Å². The lowest BCUT2D eigenvalue weighted by Gasteiger charge is -2.16. The average molecular weight is 283 g/mol. The highest BCUT2D eigenvalue weighted by molar-refractivity contribution is 5.55. The number of ether oxygens (including phenoxy) is 1. The van der Waals surface area contributed by atoms with Crippen LogP contribution in [0.15, 0.2) is 49.1 Å². The van der Waals surface area contributed by atoms with Gasteiger partial charge in [-0.2, -0.15) is 5.10 Å². The predicted octanol–water partition coefficient (Wildman–Crippen LogP) is 1.68. The molecule has 0 spiro atoms. The summed E-state index contributed by atoms with van der Waals surface area (Å²) in [5.41, 5.74) is 5.79. The first-order valence-electron chi connectivity index (χ1n) is 6.79. The highest BCUT2D eigenvalue weighted by Gasteiger charge is 2.17. The van der Waals surface area contributed by atoms with Crippen molar-refractivity contribution >= 4 is 5.52 Å². The fraction of sp³-hybridized carbons (Fsp3) is 0.200. The third kappa shape index (κ3) is 2.58. The van der Waals surface area contributed by atoms with Crippen molar-refractivity contribution < 1.29 is 4.74 Å². The van der Waals surface area contributed by atoms with Gasteiger partial charge in [0.1, 0.15) is 5.75 Å². The van der Waals surface area contributed by atoms with Crippen LogP contribution in [0.25, 0.3) is 5.52 Å². The van der Waals surface area contributed by atoms with Crippen molar-refractivity contribution in [1.29, 1.82) is 0 Å². The molecule has 0 saturated heterocycles. The summed E-state index contributed by atoms with van der Waals surface area (Å²) in [4.78, 5) is 4.15. The molecule has 0 amide bonds. The van der Waals surface area contributed by atoms with E-state index in [0.717, 1.165) is 22.4 Å². The van der Waals surface area contributed by atoms with E-state index in [1.165, 1.54) is 0 Å². The summed E-state index contributed by atoms with van der Waals surface area (Å²) in [5, 5.41) is 4.32. The molecule has 3 N–H and O–H groups in total. The van der Waals surface area contributed by atoms with Crippen molar-refractivity contribution in [1.82, 2.24) is 20.0 Å². The van der Waals surface area contributed by atoms with E-state index in [9.17, 15) is 0 Å². The average Bonchev–Trinajstić information content (AvgIpc) is 2.94. The number of hydrogen-bond donors (Lipinski definition) is 2. The zero-order chi connectivity index (χ0) is 14.7. The summed E-state index contributed by atoms with van der Waals surface area (Å²) in [6.07, 6.45) is 7.09. The van der Waals surface area contributed by atoms with Crippen LogP contribution in [0.3, 0.4) is 0 Å². The maximum absolute atomic E-state index is 5.75. The van der Waals surface area contributed by atoms with Gasteiger partial charge in [0.25, 0.3) is 0 Å². The maximum Gasteiger partial charge on any atom is 0.119 e. The molecule has 2 aromatic heterocycles. The van der Waals surface area contributed by atoms with Crippen molar-refractivity contribution in [2.75, 3.05) is 6.61 Å². The predicted molar refractivity (Wildman–Crippen MR) is 79.8 cm³/mol. The van der Waals surface area contributed by atoms with E-state index in [1.807, 2.05) is 37.4 Å². The summed E-state index contributed by atoms with van der Waals surface area (Å²) in [5.74, 6) is 6.59. The van der Waals surface area contributed by atoms with Crippen LogP contribution in [-0.4, -0.2) is 21.2 Å². The molecule has 0 bridgehead atoms. The molecule has 0 fully saturated rings. The summed E-state index contributed by atoms with van der Waals surface area (Å²) in [6, 6.07) is 7.72. The lowest BCUT2D eigenvalue weighted by molar-refractivity contribution is 0.340. The van der Waals surface area contributed by atoms with Crippen LogP contribution in [0.5, 0.6) is 5.75 Å². The third-order valence-electron chi connectivity index (χ3n) is 3.36. The second kappa shape index (κ2) is 5.90. The van der Waals surface area contributed by atoms with Crippen molar-refractivity contribution in [2.45, 2.75) is 13.0 Å². The van der Waals surface area contributed by atoms with Gasteiger partial charge in [-0.1, -0.05) is 12.1 Å². The smallest absolute Gasteiger partial charge is 0.119 e. The molecule has 1 atom stereocenters. The van der Waals surface area contributed by atoms with Crippen molar-refractivity contribution in [3.8, 4) is 5.75 Å². The van der Waals surface area contributed by atoms with E-state index in [1.54, 1.807) is 23.1 Å². The Hall–Kier alpha value is -2.44. The SMILES string of the molecule is CCOc1ccc(C(NN)c2cnn3ccncc23)cc1. The van der Waals surface area contributed by atoms with Gasteiger partial charge in [-0.05, 0) is 24.6 Å². The van der Waals surface area contributed by atoms with Gasteiger partial charge in [0, 0.05) is 18.0 Å². The zero-order valence-corrected chi connectivity index (χ0v) is 11.7.